The van der Waals surface area contributed by atoms with Crippen LogP contribution >= 0.6 is 0 Å². The number of rotatable bonds is 4. The fourth-order valence-electron chi connectivity index (χ4n) is 3.87. The van der Waals surface area contributed by atoms with Crippen molar-refractivity contribution in [3.63, 3.8) is 0 Å². The van der Waals surface area contributed by atoms with Gasteiger partial charge in [-0.2, -0.15) is 0 Å². The van der Waals surface area contributed by atoms with Crippen LogP contribution in [0.3, 0.4) is 0 Å². The molecule has 27 heavy (non-hydrogen) atoms. The van der Waals surface area contributed by atoms with Gasteiger partial charge < -0.3 is 15.0 Å². The second kappa shape index (κ2) is 7.64. The Kier molecular flexibility index (Phi) is 5.07. The summed E-state index contributed by atoms with van der Waals surface area (Å²) in [5.74, 6) is 1.43. The average molecular weight is 371 g/mol. The van der Waals surface area contributed by atoms with E-state index in [-0.39, 0.29) is 17.7 Å². The van der Waals surface area contributed by atoms with Gasteiger partial charge in [0.25, 0.3) is 5.91 Å². The fourth-order valence-corrected chi connectivity index (χ4v) is 3.87. The van der Waals surface area contributed by atoms with Gasteiger partial charge in [0.2, 0.25) is 5.91 Å². The number of ether oxygens (including phenoxy) is 1. The second-order valence-electron chi connectivity index (χ2n) is 7.42. The largest absolute Gasteiger partial charge is 0.381 e. The molecule has 4 rings (SSSR count). The summed E-state index contributed by atoms with van der Waals surface area (Å²) in [6, 6.07) is 3.60. The van der Waals surface area contributed by atoms with Gasteiger partial charge in [-0.1, -0.05) is 0 Å². The van der Waals surface area contributed by atoms with Gasteiger partial charge in [-0.25, -0.2) is 0 Å². The number of carbonyl (C=O) groups excluding carboxylic acids is 2. The number of nitrogens with zero attached hydrogens (tertiary/aromatic N) is 4. The first kappa shape index (κ1) is 17.9. The molecule has 144 valence electrons. The standard InChI is InChI=1S/C19H25N5O3/c1-13(25)23-7-4-15(11-23)18-22-21-17-3-2-16(12-24(17)18)19(26)20-10-14-5-8-27-9-6-14/h2-3,12,14-15H,4-11H2,1H3,(H,20,26)/t15-/m0/s1. The van der Waals surface area contributed by atoms with Crippen LogP contribution in [0.25, 0.3) is 5.65 Å². The van der Waals surface area contributed by atoms with Crippen molar-refractivity contribution in [2.45, 2.75) is 32.1 Å². The third kappa shape index (κ3) is 3.80. The van der Waals surface area contributed by atoms with Gasteiger partial charge in [-0.15, -0.1) is 10.2 Å². The van der Waals surface area contributed by atoms with Crippen molar-refractivity contribution in [2.24, 2.45) is 5.92 Å². The quantitative estimate of drug-likeness (QED) is 0.873. The normalized spacial score (nSPS) is 20.9. The van der Waals surface area contributed by atoms with Crippen molar-refractivity contribution in [3.05, 3.63) is 29.7 Å². The molecule has 2 aliphatic rings. The SMILES string of the molecule is CC(=O)N1CC[C@H](c2nnc3ccc(C(=O)NCC4CCOCC4)cn23)C1. The molecule has 8 heteroatoms. The van der Waals surface area contributed by atoms with E-state index in [2.05, 4.69) is 15.5 Å². The van der Waals surface area contributed by atoms with Crippen molar-refractivity contribution in [1.82, 2.24) is 24.8 Å². The molecule has 0 radical (unpaired) electrons. The predicted octanol–water partition coefficient (Wildman–Crippen LogP) is 1.22. The first-order valence-corrected chi connectivity index (χ1v) is 9.58. The van der Waals surface area contributed by atoms with E-state index in [4.69, 9.17) is 4.74 Å². The summed E-state index contributed by atoms with van der Waals surface area (Å²) in [4.78, 5) is 26.0. The Hall–Kier alpha value is -2.48. The van der Waals surface area contributed by atoms with Crippen LogP contribution in [-0.4, -0.2) is 64.2 Å². The van der Waals surface area contributed by atoms with Crippen LogP contribution in [0.2, 0.25) is 0 Å². The average Bonchev–Trinajstić information content (AvgIpc) is 3.33. The van der Waals surface area contributed by atoms with E-state index in [0.717, 1.165) is 44.8 Å². The Bertz CT molecular complexity index is 843. The smallest absolute Gasteiger partial charge is 0.252 e. The van der Waals surface area contributed by atoms with Crippen molar-refractivity contribution < 1.29 is 14.3 Å². The Morgan fingerprint density at radius 1 is 1.22 bits per heavy atom. The number of hydrogen-bond donors (Lipinski definition) is 1. The summed E-state index contributed by atoms with van der Waals surface area (Å²) in [6.07, 6.45) is 4.65. The zero-order valence-corrected chi connectivity index (χ0v) is 15.6. The summed E-state index contributed by atoms with van der Waals surface area (Å²) in [5, 5.41) is 11.6. The van der Waals surface area contributed by atoms with Crippen LogP contribution in [-0.2, 0) is 9.53 Å². The minimum atomic E-state index is -0.0835. The number of amides is 2. The van der Waals surface area contributed by atoms with E-state index in [9.17, 15) is 9.59 Å². The van der Waals surface area contributed by atoms with Crippen LogP contribution in [0.1, 0.15) is 48.3 Å². The molecule has 2 fully saturated rings. The van der Waals surface area contributed by atoms with E-state index in [1.165, 1.54) is 0 Å². The first-order valence-electron chi connectivity index (χ1n) is 9.58. The lowest BCUT2D eigenvalue weighted by atomic mass is 10.0. The molecule has 1 atom stereocenters. The van der Waals surface area contributed by atoms with Gasteiger partial charge >= 0.3 is 0 Å². The summed E-state index contributed by atoms with van der Waals surface area (Å²) in [5.41, 5.74) is 1.31. The summed E-state index contributed by atoms with van der Waals surface area (Å²) < 4.78 is 7.25. The molecule has 0 aliphatic carbocycles. The topological polar surface area (TPSA) is 88.8 Å². The predicted molar refractivity (Wildman–Crippen MR) is 98.5 cm³/mol. The Morgan fingerprint density at radius 3 is 2.78 bits per heavy atom. The van der Waals surface area contributed by atoms with Crippen LogP contribution in [0, 0.1) is 5.92 Å². The molecule has 0 spiro atoms. The summed E-state index contributed by atoms with van der Waals surface area (Å²) in [7, 11) is 0. The molecule has 2 aromatic heterocycles. The van der Waals surface area contributed by atoms with Crippen molar-refractivity contribution >= 4 is 17.5 Å². The van der Waals surface area contributed by atoms with Gasteiger partial charge in [0.1, 0.15) is 5.82 Å². The highest BCUT2D eigenvalue weighted by atomic mass is 16.5. The lowest BCUT2D eigenvalue weighted by Gasteiger charge is -2.22. The lowest BCUT2D eigenvalue weighted by molar-refractivity contribution is -0.127. The van der Waals surface area contributed by atoms with Crippen molar-refractivity contribution in [3.8, 4) is 0 Å². The summed E-state index contributed by atoms with van der Waals surface area (Å²) in [6.45, 7) is 5.19. The third-order valence-corrected chi connectivity index (χ3v) is 5.58. The van der Waals surface area contributed by atoms with Crippen LogP contribution in [0.15, 0.2) is 18.3 Å². The van der Waals surface area contributed by atoms with Crippen LogP contribution < -0.4 is 5.32 Å². The van der Waals surface area contributed by atoms with E-state index >= 15 is 0 Å². The highest BCUT2D eigenvalue weighted by Crippen LogP contribution is 2.26. The van der Waals surface area contributed by atoms with Gasteiger partial charge in [0, 0.05) is 51.9 Å². The number of hydrogen-bond acceptors (Lipinski definition) is 5. The maximum Gasteiger partial charge on any atom is 0.252 e. The van der Waals surface area contributed by atoms with Gasteiger partial charge in [-0.05, 0) is 37.3 Å². The third-order valence-electron chi connectivity index (χ3n) is 5.58. The zero-order chi connectivity index (χ0) is 18.8. The molecule has 1 N–H and O–H groups in total. The van der Waals surface area contributed by atoms with Gasteiger partial charge in [-0.3, -0.25) is 14.0 Å². The molecule has 4 heterocycles. The number of carbonyl (C=O) groups is 2. The Labute approximate surface area is 157 Å². The maximum absolute atomic E-state index is 12.6. The first-order chi connectivity index (χ1) is 13.1. The fraction of sp³-hybridized carbons (Fsp3) is 0.579. The van der Waals surface area contributed by atoms with E-state index in [1.54, 1.807) is 19.2 Å². The highest BCUT2D eigenvalue weighted by Gasteiger charge is 2.29. The lowest BCUT2D eigenvalue weighted by Crippen LogP contribution is -2.32. The minimum absolute atomic E-state index is 0.0829. The molecule has 0 saturated carbocycles. The monoisotopic (exact) mass is 371 g/mol. The van der Waals surface area contributed by atoms with Crippen molar-refractivity contribution in [2.75, 3.05) is 32.8 Å². The number of likely N-dealkylation sites (tertiary alicyclic amines) is 1. The number of aromatic nitrogens is 3. The van der Waals surface area contributed by atoms with E-state index in [0.29, 0.717) is 30.2 Å². The van der Waals surface area contributed by atoms with Crippen LogP contribution in [0.5, 0.6) is 0 Å². The molecule has 2 amide bonds. The van der Waals surface area contributed by atoms with E-state index < -0.39 is 0 Å². The minimum Gasteiger partial charge on any atom is -0.381 e. The molecular weight excluding hydrogens is 346 g/mol. The Balaban J connectivity index is 1.48. The molecule has 2 aromatic rings. The van der Waals surface area contributed by atoms with Crippen molar-refractivity contribution in [1.29, 1.82) is 0 Å². The molecule has 0 unspecified atom stereocenters. The molecule has 2 saturated heterocycles. The maximum atomic E-state index is 12.6. The molecule has 0 bridgehead atoms. The highest BCUT2D eigenvalue weighted by molar-refractivity contribution is 5.94. The number of fused-ring (bicyclic) bond motifs is 1. The van der Waals surface area contributed by atoms with Gasteiger partial charge in [0.05, 0.1) is 5.56 Å². The molecular formula is C19H25N5O3. The second-order valence-corrected chi connectivity index (χ2v) is 7.42. The molecule has 8 nitrogen and oxygen atoms in total. The molecule has 0 aromatic carbocycles. The number of nitrogens with one attached hydrogen (secondary N) is 1. The van der Waals surface area contributed by atoms with E-state index in [1.807, 2.05) is 15.4 Å². The summed E-state index contributed by atoms with van der Waals surface area (Å²) >= 11 is 0. The van der Waals surface area contributed by atoms with Gasteiger partial charge in [0.15, 0.2) is 5.65 Å². The number of pyridine rings is 1. The molecule has 2 aliphatic heterocycles. The Morgan fingerprint density at radius 2 is 2.04 bits per heavy atom. The van der Waals surface area contributed by atoms with Crippen LogP contribution in [0.4, 0.5) is 0 Å². The zero-order valence-electron chi connectivity index (χ0n) is 15.6.